The van der Waals surface area contributed by atoms with Crippen LogP contribution >= 0.6 is 0 Å². The van der Waals surface area contributed by atoms with Crippen molar-refractivity contribution >= 4 is 71.5 Å². The van der Waals surface area contributed by atoms with Crippen molar-refractivity contribution in [3.8, 4) is 12.3 Å². The molecule has 0 bridgehead atoms. The van der Waals surface area contributed by atoms with Gasteiger partial charge in [0.15, 0.2) is 0 Å². The number of terminal acetylenes is 1. The lowest BCUT2D eigenvalue weighted by molar-refractivity contribution is -0.136. The van der Waals surface area contributed by atoms with Gasteiger partial charge in [-0.15, -0.1) is 12.3 Å². The minimum atomic E-state index is -2.50. The number of nitrogens with zero attached hydrogens (tertiary/aromatic N) is 1. The predicted molar refractivity (Wildman–Crippen MR) is 362 cm³/mol. The van der Waals surface area contributed by atoms with Crippen molar-refractivity contribution in [3.63, 3.8) is 0 Å². The van der Waals surface area contributed by atoms with Crippen LogP contribution in [-0.4, -0.2) is 89.7 Å². The van der Waals surface area contributed by atoms with Gasteiger partial charge < -0.3 is 24.8 Å². The van der Waals surface area contributed by atoms with E-state index in [4.69, 9.17) is 20.4 Å². The molecule has 14 heteroatoms. The highest BCUT2D eigenvalue weighted by Crippen LogP contribution is 2.38. The van der Waals surface area contributed by atoms with Crippen molar-refractivity contribution < 1.29 is 32.6 Å². The van der Waals surface area contributed by atoms with Gasteiger partial charge in [-0.1, -0.05) is 229 Å². The standard InChI is InChI=1S/C29H45NO2SSi.C20H24OSi.C10H19NO2.C9H19NOS.H2O/c1-24(2)23-25(30-33(31)28(3,4)5)17-15-16-22-32-34(29(6,7)8,26-18-11-9-12-19-26)27-20-13-10-14-21-27;1-5-6-17-21-22(20(2,3)4,18-13-9-7-10-14-18)19-15-11-8-12-16-19;1-8(2)7-9(11-3)5-4-6-10(12)13;1-8(2)6-7-10-12(11)9(3,4)5;/h9-15,17-21,24-25,30H,16,22-23H2,1-8H3;1,7-16H,6,17H2,2-4H3;4-5,8-9,11H,6-7H2,1-3H3,(H,12,13);7-8H,6H2,1-5H3;1H2/b17-15+;;5-4+;;/t25-,33-;;9-;12-;/m1.11./s1. The number of nitrogens with one attached hydrogen (secondary N) is 2. The number of carbonyl (C=O) groups is 1. The molecule has 0 saturated heterocycles. The fraction of sp³-hybridized carbons (Fsp3) is 0.529. The van der Waals surface area contributed by atoms with E-state index >= 15 is 0 Å². The molecule has 0 aliphatic rings. The number of benzene rings is 4. The molecular weight excluding hydrogens is 1090 g/mol. The van der Waals surface area contributed by atoms with Crippen LogP contribution in [0, 0.1) is 30.1 Å². The second-order valence-corrected chi connectivity index (χ2v) is 38.3. The molecule has 0 unspecified atom stereocenters. The van der Waals surface area contributed by atoms with E-state index in [-0.39, 0.29) is 37.5 Å². The lowest BCUT2D eigenvalue weighted by Gasteiger charge is -2.43. The highest BCUT2D eigenvalue weighted by molar-refractivity contribution is 7.85. The van der Waals surface area contributed by atoms with Crippen LogP contribution in [0.5, 0.6) is 0 Å². The molecule has 458 valence electrons. The third-order valence-corrected chi connectivity index (χ3v) is 26.0. The molecule has 5 N–H and O–H groups in total. The van der Waals surface area contributed by atoms with E-state index in [0.29, 0.717) is 43.4 Å². The molecule has 4 aromatic carbocycles. The maximum absolute atomic E-state index is 12.6. The van der Waals surface area contributed by atoms with Crippen molar-refractivity contribution in [2.24, 2.45) is 22.2 Å². The third kappa shape index (κ3) is 28.0. The van der Waals surface area contributed by atoms with Gasteiger partial charge in [-0.25, -0.2) is 13.1 Å². The average Bonchev–Trinajstić information content (AvgIpc) is 3.49. The molecule has 82 heavy (non-hydrogen) atoms. The fourth-order valence-electron chi connectivity index (χ4n) is 8.93. The SMILES string of the molecule is C#CCCO[Si](c1ccccc1)(c1ccccc1)C(C)(C)C.CC(C)CC=N[S@](=O)C(C)(C)C.CC(C)C[C@@H](/C=C/CCO[Si](c1ccccc1)(c1ccccc1)C(C)(C)C)N[S@](=O)C(C)(C)C.CN[C@H](/C=C/CC(=O)O)CC(C)C.O. The number of hydrogen-bond donors (Lipinski definition) is 3. The minimum Gasteiger partial charge on any atom is -0.481 e. The Balaban J connectivity index is 0.00000117. The van der Waals surface area contributed by atoms with E-state index in [2.05, 4.69) is 237 Å². The first kappa shape index (κ1) is 77.6. The third-order valence-electron chi connectivity index (χ3n) is 12.9. The van der Waals surface area contributed by atoms with E-state index in [1.54, 1.807) is 12.3 Å². The van der Waals surface area contributed by atoms with E-state index in [0.717, 1.165) is 25.7 Å². The van der Waals surface area contributed by atoms with Gasteiger partial charge in [0.25, 0.3) is 16.6 Å². The average molecular weight is 1200 g/mol. The van der Waals surface area contributed by atoms with Crippen LogP contribution in [-0.2, 0) is 35.6 Å². The van der Waals surface area contributed by atoms with Crippen molar-refractivity contribution in [2.45, 2.75) is 195 Å². The van der Waals surface area contributed by atoms with Gasteiger partial charge in [0.2, 0.25) is 0 Å². The Morgan fingerprint density at radius 2 is 0.988 bits per heavy atom. The molecular formula is C68H109N3O7S2Si2. The molecule has 0 fully saturated rings. The molecule has 0 radical (unpaired) electrons. The Kier molecular flexibility index (Phi) is 36.5. The molecule has 0 spiro atoms. The molecule has 0 aliphatic carbocycles. The maximum Gasteiger partial charge on any atom is 0.307 e. The first-order chi connectivity index (χ1) is 37.8. The van der Waals surface area contributed by atoms with Crippen LogP contribution < -0.4 is 30.8 Å². The van der Waals surface area contributed by atoms with Crippen LogP contribution in [0.3, 0.4) is 0 Å². The van der Waals surface area contributed by atoms with Crippen molar-refractivity contribution in [2.75, 3.05) is 20.3 Å². The number of carboxylic acids is 1. The van der Waals surface area contributed by atoms with Crippen LogP contribution in [0.4, 0.5) is 0 Å². The smallest absolute Gasteiger partial charge is 0.307 e. The van der Waals surface area contributed by atoms with Crippen LogP contribution in [0.2, 0.25) is 10.1 Å². The highest BCUT2D eigenvalue weighted by Gasteiger charge is 2.51. The van der Waals surface area contributed by atoms with Gasteiger partial charge in [-0.2, -0.15) is 4.40 Å². The number of aliphatic carboxylic acids is 1. The molecule has 10 nitrogen and oxygen atoms in total. The van der Waals surface area contributed by atoms with E-state index in [1.807, 2.05) is 54.7 Å². The summed E-state index contributed by atoms with van der Waals surface area (Å²) in [5.41, 5.74) is 0. The maximum atomic E-state index is 12.6. The van der Waals surface area contributed by atoms with E-state index in [1.165, 1.54) is 20.7 Å². The Hall–Kier alpha value is -4.41. The zero-order valence-corrected chi connectivity index (χ0v) is 57.4. The Bertz CT molecular complexity index is 2450. The molecule has 4 atom stereocenters. The topological polar surface area (TPSA) is 158 Å². The summed E-state index contributed by atoms with van der Waals surface area (Å²) in [6.45, 7) is 39.7. The van der Waals surface area contributed by atoms with Crippen LogP contribution in [0.1, 0.15) is 163 Å². The summed E-state index contributed by atoms with van der Waals surface area (Å²) in [6, 6.07) is 43.2. The zero-order valence-electron chi connectivity index (χ0n) is 53.8. The summed E-state index contributed by atoms with van der Waals surface area (Å²) in [4.78, 5) is 10.2. The van der Waals surface area contributed by atoms with Gasteiger partial charge in [0.05, 0.1) is 26.9 Å². The summed E-state index contributed by atoms with van der Waals surface area (Å²) in [5.74, 6) is 3.64. The highest BCUT2D eigenvalue weighted by atomic mass is 32.2. The fourth-order valence-corrected chi connectivity index (χ4v) is 19.4. The number of rotatable bonds is 25. The van der Waals surface area contributed by atoms with E-state index in [9.17, 15) is 13.2 Å². The molecule has 0 saturated carbocycles. The normalized spacial score (nSPS) is 14.0. The first-order valence-electron chi connectivity index (χ1n) is 29.1. The Morgan fingerprint density at radius 1 is 0.610 bits per heavy atom. The monoisotopic (exact) mass is 1200 g/mol. The Labute approximate surface area is 506 Å². The zero-order chi connectivity index (χ0) is 61.5. The van der Waals surface area contributed by atoms with Crippen LogP contribution in [0.25, 0.3) is 0 Å². The van der Waals surface area contributed by atoms with Gasteiger partial charge >= 0.3 is 5.97 Å². The summed E-state index contributed by atoms with van der Waals surface area (Å²) < 4.78 is 44.4. The van der Waals surface area contributed by atoms with Crippen molar-refractivity contribution in [1.29, 1.82) is 0 Å². The molecule has 0 heterocycles. The molecule has 0 amide bonds. The van der Waals surface area contributed by atoms with E-state index < -0.39 is 44.6 Å². The lowest BCUT2D eigenvalue weighted by atomic mass is 10.0. The van der Waals surface area contributed by atoms with Crippen molar-refractivity contribution in [3.05, 3.63) is 146 Å². The molecule has 4 rings (SSSR count). The molecule has 0 aromatic heterocycles. The Morgan fingerprint density at radius 3 is 1.30 bits per heavy atom. The second kappa shape index (κ2) is 38.5. The van der Waals surface area contributed by atoms with Gasteiger partial charge in [-0.3, -0.25) is 4.79 Å². The quantitative estimate of drug-likeness (QED) is 0.0196. The number of carboxylic acid groups (broad SMARTS) is 1. The lowest BCUT2D eigenvalue weighted by Crippen LogP contribution is -2.66. The summed E-state index contributed by atoms with van der Waals surface area (Å²) in [7, 11) is -5.17. The molecule has 0 aliphatic heterocycles. The largest absolute Gasteiger partial charge is 0.481 e. The van der Waals surface area contributed by atoms with Gasteiger partial charge in [0, 0.05) is 37.9 Å². The van der Waals surface area contributed by atoms with Crippen molar-refractivity contribution in [1.82, 2.24) is 10.0 Å². The number of hydrogen-bond acceptors (Lipinski definition) is 6. The first-order valence-corrected chi connectivity index (χ1v) is 35.2. The predicted octanol–water partition coefficient (Wildman–Crippen LogP) is 13.0. The van der Waals surface area contributed by atoms with Gasteiger partial charge in [0.1, 0.15) is 11.0 Å². The van der Waals surface area contributed by atoms with Crippen LogP contribution in [0.15, 0.2) is 150 Å². The minimum absolute atomic E-state index is 0. The summed E-state index contributed by atoms with van der Waals surface area (Å²) >= 11 is 0. The van der Waals surface area contributed by atoms with Gasteiger partial charge in [-0.05, 0) is 123 Å². The molecule has 4 aromatic rings. The number of likely N-dealkylation sites (N-methyl/N-ethyl adjacent to an activating group) is 1. The second-order valence-electron chi connectivity index (χ2n) is 25.8. The summed E-state index contributed by atoms with van der Waals surface area (Å²) in [6.07, 6.45) is 19.7. The summed E-state index contributed by atoms with van der Waals surface area (Å²) in [5, 5.41) is 16.7.